The van der Waals surface area contributed by atoms with Gasteiger partial charge in [0.2, 0.25) is 10.0 Å². The number of nitrogens with zero attached hydrogens (tertiary/aromatic N) is 5. The number of hydrogen-bond acceptors (Lipinski definition) is 5. The average molecular weight is 335 g/mol. The lowest BCUT2D eigenvalue weighted by Gasteiger charge is -2.30. The van der Waals surface area contributed by atoms with Gasteiger partial charge >= 0.3 is 0 Å². The Balaban J connectivity index is 1.94. The van der Waals surface area contributed by atoms with Gasteiger partial charge in [0, 0.05) is 37.9 Å². The van der Waals surface area contributed by atoms with Crippen LogP contribution in [0.3, 0.4) is 0 Å². The predicted molar refractivity (Wildman–Crippen MR) is 87.4 cm³/mol. The van der Waals surface area contributed by atoms with Crippen molar-refractivity contribution in [1.29, 1.82) is 0 Å². The number of aryl methyl sites for hydroxylation is 2. The van der Waals surface area contributed by atoms with Gasteiger partial charge in [0.1, 0.15) is 5.82 Å². The molecule has 0 aliphatic carbocycles. The van der Waals surface area contributed by atoms with Crippen molar-refractivity contribution in [2.75, 3.05) is 19.3 Å². The molecule has 0 aromatic carbocycles. The Morgan fingerprint density at radius 2 is 2.09 bits per heavy atom. The van der Waals surface area contributed by atoms with Gasteiger partial charge in [0.05, 0.1) is 17.6 Å². The molecule has 2 aromatic rings. The molecule has 0 N–H and O–H groups in total. The largest absolute Gasteiger partial charge is 0.266 e. The molecule has 2 aromatic heterocycles. The topological polar surface area (TPSA) is 81.0 Å². The van der Waals surface area contributed by atoms with Gasteiger partial charge < -0.3 is 0 Å². The van der Waals surface area contributed by atoms with Crippen LogP contribution in [0.4, 0.5) is 0 Å². The summed E-state index contributed by atoms with van der Waals surface area (Å²) in [5.41, 5.74) is 2.62. The summed E-state index contributed by atoms with van der Waals surface area (Å²) in [4.78, 5) is 9.23. The average Bonchev–Trinajstić information content (AvgIpc) is 2.92. The summed E-state index contributed by atoms with van der Waals surface area (Å²) < 4.78 is 26.9. The van der Waals surface area contributed by atoms with Crippen LogP contribution in [0.1, 0.15) is 30.3 Å². The second kappa shape index (κ2) is 6.01. The van der Waals surface area contributed by atoms with E-state index in [9.17, 15) is 8.42 Å². The Kier molecular flexibility index (Phi) is 4.20. The van der Waals surface area contributed by atoms with Gasteiger partial charge in [0.25, 0.3) is 0 Å². The Morgan fingerprint density at radius 1 is 1.30 bits per heavy atom. The van der Waals surface area contributed by atoms with Crippen molar-refractivity contribution in [3.8, 4) is 11.4 Å². The van der Waals surface area contributed by atoms with E-state index in [2.05, 4.69) is 15.1 Å². The molecule has 3 rings (SSSR count). The predicted octanol–water partition coefficient (Wildman–Crippen LogP) is 1.32. The third kappa shape index (κ3) is 3.42. The van der Waals surface area contributed by atoms with Gasteiger partial charge in [-0.15, -0.1) is 0 Å². The van der Waals surface area contributed by atoms with Gasteiger partial charge in [-0.25, -0.2) is 22.7 Å². The van der Waals surface area contributed by atoms with E-state index in [-0.39, 0.29) is 5.92 Å². The summed E-state index contributed by atoms with van der Waals surface area (Å²) in [6.45, 7) is 2.96. The smallest absolute Gasteiger partial charge is 0.211 e. The molecule has 0 radical (unpaired) electrons. The molecule has 1 atom stereocenters. The first-order valence-corrected chi connectivity index (χ1v) is 9.48. The summed E-state index contributed by atoms with van der Waals surface area (Å²) in [6.07, 6.45) is 4.72. The lowest BCUT2D eigenvalue weighted by atomic mass is 9.98. The minimum absolute atomic E-state index is 0.0327. The Morgan fingerprint density at radius 3 is 2.74 bits per heavy atom. The molecule has 3 heterocycles. The zero-order valence-corrected chi connectivity index (χ0v) is 14.4. The van der Waals surface area contributed by atoms with Crippen LogP contribution < -0.4 is 0 Å². The zero-order valence-electron chi connectivity index (χ0n) is 13.6. The number of rotatable bonds is 3. The second-order valence-corrected chi connectivity index (χ2v) is 8.04. The highest BCUT2D eigenvalue weighted by Gasteiger charge is 2.28. The minimum Gasteiger partial charge on any atom is -0.266 e. The molecule has 0 bridgehead atoms. The molecule has 8 heteroatoms. The first-order valence-electron chi connectivity index (χ1n) is 7.63. The van der Waals surface area contributed by atoms with Crippen molar-refractivity contribution in [3.05, 3.63) is 29.8 Å². The van der Waals surface area contributed by atoms with Crippen LogP contribution in [0.5, 0.6) is 0 Å². The highest BCUT2D eigenvalue weighted by Crippen LogP contribution is 2.27. The molecule has 0 unspecified atom stereocenters. The van der Waals surface area contributed by atoms with Gasteiger partial charge in [-0.2, -0.15) is 5.10 Å². The highest BCUT2D eigenvalue weighted by atomic mass is 32.2. The summed E-state index contributed by atoms with van der Waals surface area (Å²) in [7, 11) is -1.30. The van der Waals surface area contributed by atoms with E-state index in [1.54, 1.807) is 10.9 Å². The zero-order chi connectivity index (χ0) is 16.6. The first kappa shape index (κ1) is 16.1. The molecule has 124 valence electrons. The van der Waals surface area contributed by atoms with Crippen molar-refractivity contribution >= 4 is 10.0 Å². The van der Waals surface area contributed by atoms with Crippen LogP contribution in [-0.2, 0) is 17.1 Å². The fourth-order valence-electron chi connectivity index (χ4n) is 2.98. The fraction of sp³-hybridized carbons (Fsp3) is 0.533. The lowest BCUT2D eigenvalue weighted by molar-refractivity contribution is 0.311. The standard InChI is InChI=1S/C15H21N5O2S/c1-11-9-13(14-6-7-16-19(14)2)18-15(17-11)12-5-4-8-20(10-12)23(3,21)22/h6-7,9,12H,4-5,8,10H2,1-3H3/t12-/m0/s1. The van der Waals surface area contributed by atoms with Crippen LogP contribution >= 0.6 is 0 Å². The quantitative estimate of drug-likeness (QED) is 0.845. The maximum atomic E-state index is 11.8. The Hall–Kier alpha value is -1.80. The lowest BCUT2D eigenvalue weighted by Crippen LogP contribution is -2.38. The maximum Gasteiger partial charge on any atom is 0.211 e. The summed E-state index contributed by atoms with van der Waals surface area (Å²) in [5, 5.41) is 4.18. The van der Waals surface area contributed by atoms with Crippen molar-refractivity contribution in [1.82, 2.24) is 24.1 Å². The summed E-state index contributed by atoms with van der Waals surface area (Å²) in [5.74, 6) is 0.750. The van der Waals surface area contributed by atoms with Crippen LogP contribution in [0.15, 0.2) is 18.3 Å². The van der Waals surface area contributed by atoms with E-state index < -0.39 is 10.0 Å². The molecular weight excluding hydrogens is 314 g/mol. The normalized spacial score (nSPS) is 19.9. The number of aromatic nitrogens is 4. The molecular formula is C15H21N5O2S. The third-order valence-electron chi connectivity index (χ3n) is 4.17. The fourth-order valence-corrected chi connectivity index (χ4v) is 3.90. The van der Waals surface area contributed by atoms with Crippen molar-refractivity contribution in [2.24, 2.45) is 7.05 Å². The van der Waals surface area contributed by atoms with Crippen molar-refractivity contribution < 1.29 is 8.42 Å². The molecule has 0 spiro atoms. The van der Waals surface area contributed by atoms with E-state index in [0.29, 0.717) is 13.1 Å². The van der Waals surface area contributed by atoms with Gasteiger partial charge in [-0.3, -0.25) is 4.68 Å². The molecule has 0 amide bonds. The second-order valence-electron chi connectivity index (χ2n) is 6.05. The van der Waals surface area contributed by atoms with Crippen molar-refractivity contribution in [3.63, 3.8) is 0 Å². The SMILES string of the molecule is Cc1cc(-c2ccnn2C)nc([C@H]2CCCN(S(C)(=O)=O)C2)n1. The first-order chi connectivity index (χ1) is 10.8. The number of sulfonamides is 1. The van der Waals surface area contributed by atoms with E-state index in [0.717, 1.165) is 35.7 Å². The Bertz CT molecular complexity index is 815. The van der Waals surface area contributed by atoms with Gasteiger partial charge in [0.15, 0.2) is 0 Å². The summed E-state index contributed by atoms with van der Waals surface area (Å²) >= 11 is 0. The monoisotopic (exact) mass is 335 g/mol. The number of piperidine rings is 1. The van der Waals surface area contributed by atoms with E-state index >= 15 is 0 Å². The summed E-state index contributed by atoms with van der Waals surface area (Å²) in [6, 6.07) is 3.84. The van der Waals surface area contributed by atoms with Crippen molar-refractivity contribution in [2.45, 2.75) is 25.7 Å². The molecule has 1 aliphatic heterocycles. The maximum absolute atomic E-state index is 11.8. The molecule has 1 fully saturated rings. The Labute approximate surface area is 136 Å². The van der Waals surface area contributed by atoms with Gasteiger partial charge in [-0.05, 0) is 31.9 Å². The molecule has 1 saturated heterocycles. The van der Waals surface area contributed by atoms with E-state index in [1.807, 2.05) is 26.1 Å². The van der Waals surface area contributed by atoms with Gasteiger partial charge in [-0.1, -0.05) is 0 Å². The van der Waals surface area contributed by atoms with Crippen LogP contribution in [0, 0.1) is 6.92 Å². The van der Waals surface area contributed by atoms with E-state index in [4.69, 9.17) is 0 Å². The molecule has 0 saturated carbocycles. The third-order valence-corrected chi connectivity index (χ3v) is 5.44. The minimum atomic E-state index is -3.17. The number of hydrogen-bond donors (Lipinski definition) is 0. The van der Waals surface area contributed by atoms with E-state index in [1.165, 1.54) is 10.6 Å². The van der Waals surface area contributed by atoms with Crippen LogP contribution in [0.25, 0.3) is 11.4 Å². The van der Waals surface area contributed by atoms with Crippen LogP contribution in [0.2, 0.25) is 0 Å². The molecule has 23 heavy (non-hydrogen) atoms. The molecule has 7 nitrogen and oxygen atoms in total. The highest BCUT2D eigenvalue weighted by molar-refractivity contribution is 7.88. The molecule has 1 aliphatic rings. The van der Waals surface area contributed by atoms with Crippen LogP contribution in [-0.4, -0.2) is 51.8 Å².